The average Bonchev–Trinajstić information content (AvgIpc) is 2.45. The molecule has 1 aromatic heterocycles. The van der Waals surface area contributed by atoms with Crippen molar-refractivity contribution in [1.29, 1.82) is 0 Å². The van der Waals surface area contributed by atoms with Crippen molar-refractivity contribution in [1.82, 2.24) is 9.97 Å². The number of aromatic nitrogens is 2. The SMILES string of the molecule is CNc1cc(C)nc(-c2cc(OC)cc(OC)c2)n1. The number of ether oxygens (including phenoxy) is 2. The molecule has 5 nitrogen and oxygen atoms in total. The normalized spacial score (nSPS) is 10.1. The molecule has 5 heteroatoms. The van der Waals surface area contributed by atoms with Crippen molar-refractivity contribution >= 4 is 5.82 Å². The highest BCUT2D eigenvalue weighted by Gasteiger charge is 2.08. The van der Waals surface area contributed by atoms with Gasteiger partial charge in [0.1, 0.15) is 17.3 Å². The Hall–Kier alpha value is -2.30. The third-order valence-electron chi connectivity index (χ3n) is 2.72. The Kier molecular flexibility index (Phi) is 3.85. The van der Waals surface area contributed by atoms with Crippen LogP contribution in [0.4, 0.5) is 5.82 Å². The smallest absolute Gasteiger partial charge is 0.162 e. The molecule has 1 heterocycles. The lowest BCUT2D eigenvalue weighted by Gasteiger charge is -2.09. The summed E-state index contributed by atoms with van der Waals surface area (Å²) in [5, 5.41) is 3.02. The molecule has 0 spiro atoms. The van der Waals surface area contributed by atoms with Crippen molar-refractivity contribution < 1.29 is 9.47 Å². The lowest BCUT2D eigenvalue weighted by atomic mass is 10.2. The van der Waals surface area contributed by atoms with E-state index in [9.17, 15) is 0 Å². The number of aryl methyl sites for hydroxylation is 1. The maximum Gasteiger partial charge on any atom is 0.162 e. The fraction of sp³-hybridized carbons (Fsp3) is 0.286. The van der Waals surface area contributed by atoms with Gasteiger partial charge in [-0.1, -0.05) is 0 Å². The third kappa shape index (κ3) is 2.93. The van der Waals surface area contributed by atoms with Crippen LogP contribution in [0.25, 0.3) is 11.4 Å². The van der Waals surface area contributed by atoms with Crippen LogP contribution in [-0.4, -0.2) is 31.2 Å². The van der Waals surface area contributed by atoms with Gasteiger partial charge in [-0.05, 0) is 19.1 Å². The summed E-state index contributed by atoms with van der Waals surface area (Å²) in [6, 6.07) is 7.48. The zero-order valence-electron chi connectivity index (χ0n) is 11.5. The zero-order chi connectivity index (χ0) is 13.8. The minimum Gasteiger partial charge on any atom is -0.497 e. The summed E-state index contributed by atoms with van der Waals surface area (Å²) in [6.45, 7) is 1.93. The van der Waals surface area contributed by atoms with Crippen LogP contribution in [0.15, 0.2) is 24.3 Å². The molecule has 1 N–H and O–H groups in total. The lowest BCUT2D eigenvalue weighted by molar-refractivity contribution is 0.394. The average molecular weight is 259 g/mol. The Morgan fingerprint density at radius 3 is 2.11 bits per heavy atom. The van der Waals surface area contributed by atoms with Gasteiger partial charge in [0.15, 0.2) is 5.82 Å². The molecule has 0 unspecified atom stereocenters. The first kappa shape index (κ1) is 13.1. The summed E-state index contributed by atoms with van der Waals surface area (Å²) in [5.74, 6) is 2.85. The Bertz CT molecular complexity index is 563. The van der Waals surface area contributed by atoms with E-state index in [-0.39, 0.29) is 0 Å². The maximum absolute atomic E-state index is 5.25. The standard InChI is InChI=1S/C14H17N3O2/c1-9-5-13(15-2)17-14(16-9)10-6-11(18-3)8-12(7-10)19-4/h5-8H,1-4H3,(H,15,16,17). The molecular formula is C14H17N3O2. The number of methoxy groups -OCH3 is 2. The van der Waals surface area contributed by atoms with E-state index < -0.39 is 0 Å². The second kappa shape index (κ2) is 5.56. The minimum atomic E-state index is 0.640. The van der Waals surface area contributed by atoms with Crippen molar-refractivity contribution in [3.63, 3.8) is 0 Å². The van der Waals surface area contributed by atoms with Gasteiger partial charge < -0.3 is 14.8 Å². The van der Waals surface area contributed by atoms with E-state index in [0.29, 0.717) is 17.3 Å². The number of hydrogen-bond acceptors (Lipinski definition) is 5. The van der Waals surface area contributed by atoms with Crippen molar-refractivity contribution in [3.8, 4) is 22.9 Å². The first-order chi connectivity index (χ1) is 9.16. The number of rotatable bonds is 4. The Balaban J connectivity index is 2.54. The number of hydrogen-bond donors (Lipinski definition) is 1. The molecule has 2 aromatic rings. The molecule has 1 aromatic carbocycles. The van der Waals surface area contributed by atoms with Gasteiger partial charge in [-0.25, -0.2) is 9.97 Å². The molecule has 0 aliphatic carbocycles. The molecule has 0 radical (unpaired) electrons. The topological polar surface area (TPSA) is 56.3 Å². The minimum absolute atomic E-state index is 0.640. The molecule has 0 amide bonds. The van der Waals surface area contributed by atoms with Gasteiger partial charge in [0.2, 0.25) is 0 Å². The summed E-state index contributed by atoms with van der Waals surface area (Å²) >= 11 is 0. The van der Waals surface area contributed by atoms with Crippen molar-refractivity contribution in [2.45, 2.75) is 6.92 Å². The summed E-state index contributed by atoms with van der Waals surface area (Å²) in [7, 11) is 5.07. The predicted octanol–water partition coefficient (Wildman–Crippen LogP) is 2.51. The number of nitrogens with one attached hydrogen (secondary N) is 1. The second-order valence-corrected chi connectivity index (χ2v) is 4.07. The van der Waals surface area contributed by atoms with E-state index >= 15 is 0 Å². The molecule has 0 saturated carbocycles. The highest BCUT2D eigenvalue weighted by Crippen LogP contribution is 2.28. The van der Waals surface area contributed by atoms with Gasteiger partial charge in [0.05, 0.1) is 14.2 Å². The Labute approximate surface area is 112 Å². The molecule has 0 aliphatic heterocycles. The van der Waals surface area contributed by atoms with Crippen LogP contribution in [-0.2, 0) is 0 Å². The summed E-state index contributed by atoms with van der Waals surface area (Å²) in [6.07, 6.45) is 0. The molecular weight excluding hydrogens is 242 g/mol. The maximum atomic E-state index is 5.25. The van der Waals surface area contributed by atoms with Gasteiger partial charge in [-0.15, -0.1) is 0 Å². The largest absolute Gasteiger partial charge is 0.497 e. The van der Waals surface area contributed by atoms with Crippen LogP contribution >= 0.6 is 0 Å². The van der Waals surface area contributed by atoms with Crippen LogP contribution < -0.4 is 14.8 Å². The van der Waals surface area contributed by atoms with Crippen LogP contribution in [0.3, 0.4) is 0 Å². The van der Waals surface area contributed by atoms with Crippen LogP contribution in [0.2, 0.25) is 0 Å². The monoisotopic (exact) mass is 259 g/mol. The van der Waals surface area contributed by atoms with Gasteiger partial charge in [-0.2, -0.15) is 0 Å². The second-order valence-electron chi connectivity index (χ2n) is 4.07. The molecule has 0 fully saturated rings. The van der Waals surface area contributed by atoms with Gasteiger partial charge in [0.25, 0.3) is 0 Å². The molecule has 0 aliphatic rings. The summed E-state index contributed by atoms with van der Waals surface area (Å²) in [5.41, 5.74) is 1.76. The highest BCUT2D eigenvalue weighted by molar-refractivity contribution is 5.62. The molecule has 19 heavy (non-hydrogen) atoms. The van der Waals surface area contributed by atoms with E-state index in [4.69, 9.17) is 9.47 Å². The number of anilines is 1. The van der Waals surface area contributed by atoms with Crippen molar-refractivity contribution in [2.75, 3.05) is 26.6 Å². The van der Waals surface area contributed by atoms with Gasteiger partial charge >= 0.3 is 0 Å². The Morgan fingerprint density at radius 2 is 1.58 bits per heavy atom. The first-order valence-corrected chi connectivity index (χ1v) is 5.93. The molecule has 0 bridgehead atoms. The molecule has 0 atom stereocenters. The summed E-state index contributed by atoms with van der Waals surface area (Å²) in [4.78, 5) is 8.88. The zero-order valence-corrected chi connectivity index (χ0v) is 11.5. The van der Waals surface area contributed by atoms with Crippen LogP contribution in [0, 0.1) is 6.92 Å². The number of nitrogens with zero attached hydrogens (tertiary/aromatic N) is 2. The van der Waals surface area contributed by atoms with Crippen molar-refractivity contribution in [3.05, 3.63) is 30.0 Å². The van der Waals surface area contributed by atoms with Gasteiger partial charge in [-0.3, -0.25) is 0 Å². The van der Waals surface area contributed by atoms with Crippen LogP contribution in [0.1, 0.15) is 5.69 Å². The molecule has 2 rings (SSSR count). The highest BCUT2D eigenvalue weighted by atomic mass is 16.5. The lowest BCUT2D eigenvalue weighted by Crippen LogP contribution is -1.99. The molecule has 100 valence electrons. The van der Waals surface area contributed by atoms with E-state index in [2.05, 4.69) is 15.3 Å². The van der Waals surface area contributed by atoms with Gasteiger partial charge in [0, 0.05) is 30.4 Å². The van der Waals surface area contributed by atoms with E-state index in [1.165, 1.54) is 0 Å². The number of benzene rings is 1. The fourth-order valence-corrected chi connectivity index (χ4v) is 1.76. The summed E-state index contributed by atoms with van der Waals surface area (Å²) < 4.78 is 10.5. The Morgan fingerprint density at radius 1 is 0.947 bits per heavy atom. The van der Waals surface area contributed by atoms with Crippen molar-refractivity contribution in [2.24, 2.45) is 0 Å². The fourth-order valence-electron chi connectivity index (χ4n) is 1.76. The van der Waals surface area contributed by atoms with Crippen LogP contribution in [0.5, 0.6) is 11.5 Å². The van der Waals surface area contributed by atoms with E-state index in [1.807, 2.05) is 38.2 Å². The molecule has 0 saturated heterocycles. The van der Waals surface area contributed by atoms with E-state index in [0.717, 1.165) is 17.1 Å². The third-order valence-corrected chi connectivity index (χ3v) is 2.72. The predicted molar refractivity (Wildman–Crippen MR) is 74.9 cm³/mol. The first-order valence-electron chi connectivity index (χ1n) is 5.93. The van der Waals surface area contributed by atoms with E-state index in [1.54, 1.807) is 14.2 Å². The quantitative estimate of drug-likeness (QED) is 0.914.